The number of rotatable bonds is 4. The lowest BCUT2D eigenvalue weighted by Crippen LogP contribution is -2.30. The van der Waals surface area contributed by atoms with Crippen molar-refractivity contribution in [1.29, 1.82) is 0 Å². The fourth-order valence-corrected chi connectivity index (χ4v) is 3.26. The summed E-state index contributed by atoms with van der Waals surface area (Å²) in [5.74, 6) is 0. The van der Waals surface area contributed by atoms with Gasteiger partial charge in [0.25, 0.3) is 0 Å². The molecule has 1 saturated carbocycles. The molecule has 3 rings (SSSR count). The first kappa shape index (κ1) is 13.6. The van der Waals surface area contributed by atoms with Gasteiger partial charge < -0.3 is 5.32 Å². The van der Waals surface area contributed by atoms with Crippen LogP contribution in [-0.2, 0) is 6.42 Å². The quantitative estimate of drug-likeness (QED) is 0.845. The molecular weight excluding hydrogens is 244 g/mol. The number of nitrogens with zero attached hydrogens (tertiary/aromatic N) is 1. The normalized spacial score (nSPS) is 17.2. The second-order valence-corrected chi connectivity index (χ2v) is 5.88. The molecule has 0 bridgehead atoms. The van der Waals surface area contributed by atoms with Crippen LogP contribution in [0.2, 0.25) is 0 Å². The second kappa shape index (κ2) is 6.85. The number of benzene rings is 1. The van der Waals surface area contributed by atoms with Crippen molar-refractivity contribution < 1.29 is 0 Å². The van der Waals surface area contributed by atoms with Gasteiger partial charge in [-0.15, -0.1) is 0 Å². The Hall–Kier alpha value is -1.41. The van der Waals surface area contributed by atoms with Crippen molar-refractivity contribution in [2.75, 3.05) is 6.54 Å². The number of para-hydroxylation sites is 1. The Bertz CT molecular complexity index is 537. The van der Waals surface area contributed by atoms with Gasteiger partial charge in [-0.05, 0) is 37.4 Å². The summed E-state index contributed by atoms with van der Waals surface area (Å²) in [5, 5.41) is 5.00. The van der Waals surface area contributed by atoms with Crippen molar-refractivity contribution in [3.63, 3.8) is 0 Å². The zero-order chi connectivity index (χ0) is 13.6. The van der Waals surface area contributed by atoms with E-state index in [9.17, 15) is 0 Å². The van der Waals surface area contributed by atoms with Crippen LogP contribution in [0.5, 0.6) is 0 Å². The van der Waals surface area contributed by atoms with E-state index in [2.05, 4.69) is 34.6 Å². The van der Waals surface area contributed by atoms with Crippen LogP contribution in [0.3, 0.4) is 0 Å². The molecule has 1 aromatic heterocycles. The molecule has 1 fully saturated rings. The number of hydrogen-bond donors (Lipinski definition) is 1. The molecule has 2 nitrogen and oxygen atoms in total. The number of fused-ring (bicyclic) bond motifs is 1. The minimum absolute atomic E-state index is 0.737. The predicted octanol–water partition coefficient (Wildman–Crippen LogP) is 4.09. The van der Waals surface area contributed by atoms with E-state index < -0.39 is 0 Å². The van der Waals surface area contributed by atoms with Crippen LogP contribution in [0.4, 0.5) is 0 Å². The molecule has 20 heavy (non-hydrogen) atoms. The Morgan fingerprint density at radius 2 is 1.80 bits per heavy atom. The minimum atomic E-state index is 0.737. The van der Waals surface area contributed by atoms with E-state index in [1.54, 1.807) is 0 Å². The smallest absolute Gasteiger partial charge is 0.0734 e. The monoisotopic (exact) mass is 268 g/mol. The second-order valence-electron chi connectivity index (χ2n) is 5.88. The van der Waals surface area contributed by atoms with Crippen LogP contribution >= 0.6 is 0 Å². The molecule has 0 spiro atoms. The Kier molecular flexibility index (Phi) is 4.65. The molecule has 2 heteroatoms. The van der Waals surface area contributed by atoms with Crippen LogP contribution < -0.4 is 5.32 Å². The fraction of sp³-hybridized carbons (Fsp3) is 0.500. The molecule has 0 radical (unpaired) electrons. The lowest BCUT2D eigenvalue weighted by molar-refractivity contribution is 0.463. The molecule has 106 valence electrons. The highest BCUT2D eigenvalue weighted by atomic mass is 14.9. The van der Waals surface area contributed by atoms with E-state index in [1.807, 2.05) is 12.3 Å². The molecule has 0 saturated heterocycles. The first-order valence-electron chi connectivity index (χ1n) is 7.99. The topological polar surface area (TPSA) is 24.9 Å². The van der Waals surface area contributed by atoms with E-state index in [1.165, 1.54) is 49.5 Å². The zero-order valence-corrected chi connectivity index (χ0v) is 12.1. The maximum absolute atomic E-state index is 4.53. The van der Waals surface area contributed by atoms with E-state index in [4.69, 9.17) is 0 Å². The average molecular weight is 268 g/mol. The van der Waals surface area contributed by atoms with Crippen LogP contribution in [0.15, 0.2) is 36.5 Å². The van der Waals surface area contributed by atoms with Gasteiger partial charge in [-0.25, -0.2) is 0 Å². The average Bonchev–Trinajstić information content (AvgIpc) is 2.76. The summed E-state index contributed by atoms with van der Waals surface area (Å²) in [6.45, 7) is 1.07. The highest BCUT2D eigenvalue weighted by Gasteiger charge is 2.11. The molecule has 0 unspecified atom stereocenters. The zero-order valence-electron chi connectivity index (χ0n) is 12.1. The molecule has 1 aromatic carbocycles. The van der Waals surface area contributed by atoms with Gasteiger partial charge in [0.15, 0.2) is 0 Å². The van der Waals surface area contributed by atoms with E-state index >= 15 is 0 Å². The highest BCUT2D eigenvalue weighted by molar-refractivity contribution is 5.81. The third kappa shape index (κ3) is 3.37. The van der Waals surface area contributed by atoms with Crippen LogP contribution in [0, 0.1) is 0 Å². The van der Waals surface area contributed by atoms with Crippen LogP contribution in [0.25, 0.3) is 10.9 Å². The largest absolute Gasteiger partial charge is 0.314 e. The standard InChI is InChI=1S/C18H24N2/c1-2-4-11-17(10-3-1)19-14-12-16-8-5-7-15-9-6-13-20-18(15)16/h5-9,13,17,19H,1-4,10-12,14H2. The van der Waals surface area contributed by atoms with Crippen molar-refractivity contribution in [2.45, 2.75) is 51.0 Å². The van der Waals surface area contributed by atoms with Gasteiger partial charge in [-0.3, -0.25) is 4.98 Å². The summed E-state index contributed by atoms with van der Waals surface area (Å²) in [6.07, 6.45) is 11.3. The predicted molar refractivity (Wildman–Crippen MR) is 84.9 cm³/mol. The maximum Gasteiger partial charge on any atom is 0.0734 e. The van der Waals surface area contributed by atoms with E-state index in [-0.39, 0.29) is 0 Å². The van der Waals surface area contributed by atoms with Gasteiger partial charge in [0, 0.05) is 17.6 Å². The van der Waals surface area contributed by atoms with E-state index in [0.717, 1.165) is 24.5 Å². The minimum Gasteiger partial charge on any atom is -0.314 e. The molecule has 1 aliphatic carbocycles. The Morgan fingerprint density at radius 3 is 2.65 bits per heavy atom. The Morgan fingerprint density at radius 1 is 1.00 bits per heavy atom. The number of pyridine rings is 1. The van der Waals surface area contributed by atoms with Gasteiger partial charge in [0.1, 0.15) is 0 Å². The lowest BCUT2D eigenvalue weighted by Gasteiger charge is -2.16. The Balaban J connectivity index is 1.59. The molecule has 0 aliphatic heterocycles. The summed E-state index contributed by atoms with van der Waals surface area (Å²) in [5.41, 5.74) is 2.53. The molecular formula is C18H24N2. The van der Waals surface area contributed by atoms with Crippen molar-refractivity contribution in [2.24, 2.45) is 0 Å². The van der Waals surface area contributed by atoms with E-state index in [0.29, 0.717) is 0 Å². The van der Waals surface area contributed by atoms with Gasteiger partial charge in [0.05, 0.1) is 5.52 Å². The summed E-state index contributed by atoms with van der Waals surface area (Å²) in [4.78, 5) is 4.53. The van der Waals surface area contributed by atoms with Gasteiger partial charge in [0.2, 0.25) is 0 Å². The van der Waals surface area contributed by atoms with Gasteiger partial charge in [-0.2, -0.15) is 0 Å². The third-order valence-corrected chi connectivity index (χ3v) is 4.40. The summed E-state index contributed by atoms with van der Waals surface area (Å²) >= 11 is 0. The number of aromatic nitrogens is 1. The molecule has 1 aliphatic rings. The van der Waals surface area contributed by atoms with Gasteiger partial charge in [-0.1, -0.05) is 49.9 Å². The summed E-state index contributed by atoms with van der Waals surface area (Å²) in [6, 6.07) is 11.4. The SMILES string of the molecule is c1cnc2c(CCNC3CCCCCC3)cccc2c1. The molecule has 0 amide bonds. The summed E-state index contributed by atoms with van der Waals surface area (Å²) in [7, 11) is 0. The molecule has 1 heterocycles. The molecule has 0 atom stereocenters. The number of hydrogen-bond acceptors (Lipinski definition) is 2. The lowest BCUT2D eigenvalue weighted by atomic mass is 10.1. The van der Waals surface area contributed by atoms with Gasteiger partial charge >= 0.3 is 0 Å². The van der Waals surface area contributed by atoms with Crippen molar-refractivity contribution in [1.82, 2.24) is 10.3 Å². The highest BCUT2D eigenvalue weighted by Crippen LogP contribution is 2.18. The molecule has 2 aromatic rings. The third-order valence-electron chi connectivity index (χ3n) is 4.40. The van der Waals surface area contributed by atoms with Crippen LogP contribution in [0.1, 0.15) is 44.1 Å². The first-order valence-corrected chi connectivity index (χ1v) is 7.99. The van der Waals surface area contributed by atoms with Crippen molar-refractivity contribution >= 4 is 10.9 Å². The molecule has 1 N–H and O–H groups in total. The maximum atomic E-state index is 4.53. The van der Waals surface area contributed by atoms with Crippen LogP contribution in [-0.4, -0.2) is 17.6 Å². The number of nitrogens with one attached hydrogen (secondary N) is 1. The van der Waals surface area contributed by atoms with Crippen molar-refractivity contribution in [3.8, 4) is 0 Å². The fourth-order valence-electron chi connectivity index (χ4n) is 3.26. The first-order chi connectivity index (χ1) is 9.93. The Labute approximate surface area is 121 Å². The summed E-state index contributed by atoms with van der Waals surface area (Å²) < 4.78 is 0. The van der Waals surface area contributed by atoms with Crippen molar-refractivity contribution in [3.05, 3.63) is 42.1 Å².